The molecule has 1 aliphatic rings. The van der Waals surface area contributed by atoms with Gasteiger partial charge in [0.25, 0.3) is 0 Å². The molecule has 0 aliphatic carbocycles. The van der Waals surface area contributed by atoms with Gasteiger partial charge >= 0.3 is 5.97 Å². The maximum absolute atomic E-state index is 12.6. The predicted molar refractivity (Wildman–Crippen MR) is 79.9 cm³/mol. The molecule has 0 radical (unpaired) electrons. The van der Waals surface area contributed by atoms with E-state index in [-0.39, 0.29) is 23.1 Å². The van der Waals surface area contributed by atoms with Crippen molar-refractivity contribution in [2.24, 2.45) is 0 Å². The third-order valence-electron chi connectivity index (χ3n) is 3.48. The smallest absolute Gasteiger partial charge is 0.336 e. The monoisotopic (exact) mass is 377 g/mol. The van der Waals surface area contributed by atoms with Crippen LogP contribution < -0.4 is 0 Å². The van der Waals surface area contributed by atoms with E-state index in [0.29, 0.717) is 11.0 Å². The lowest BCUT2D eigenvalue weighted by molar-refractivity contribution is 0.0571. The van der Waals surface area contributed by atoms with Gasteiger partial charge in [-0.2, -0.15) is 4.31 Å². The highest BCUT2D eigenvalue weighted by molar-refractivity contribution is 9.10. The molecule has 1 N–H and O–H groups in total. The van der Waals surface area contributed by atoms with Crippen LogP contribution in [0.2, 0.25) is 0 Å². The second-order valence-electron chi connectivity index (χ2n) is 4.81. The molecule has 1 unspecified atom stereocenters. The molecule has 0 bridgehead atoms. The fraction of sp³-hybridized carbons (Fsp3) is 0.462. The molecule has 1 heterocycles. The Labute approximate surface area is 131 Å². The van der Waals surface area contributed by atoms with E-state index in [1.807, 2.05) is 0 Å². The summed E-state index contributed by atoms with van der Waals surface area (Å²) in [6.45, 7) is 0.706. The average molecular weight is 378 g/mol. The molecule has 8 heteroatoms. The number of sulfonamides is 1. The van der Waals surface area contributed by atoms with Gasteiger partial charge in [0.15, 0.2) is 0 Å². The Morgan fingerprint density at radius 1 is 1.48 bits per heavy atom. The first-order chi connectivity index (χ1) is 9.86. The second-order valence-corrected chi connectivity index (χ2v) is 7.60. The van der Waals surface area contributed by atoms with Crippen molar-refractivity contribution >= 4 is 31.9 Å². The number of hydrogen-bond donors (Lipinski definition) is 1. The Morgan fingerprint density at radius 2 is 2.19 bits per heavy atom. The van der Waals surface area contributed by atoms with Crippen molar-refractivity contribution in [1.29, 1.82) is 0 Å². The van der Waals surface area contributed by atoms with Gasteiger partial charge in [-0.3, -0.25) is 0 Å². The minimum absolute atomic E-state index is 0.0140. The van der Waals surface area contributed by atoms with Crippen molar-refractivity contribution < 1.29 is 23.1 Å². The van der Waals surface area contributed by atoms with Gasteiger partial charge in [0.1, 0.15) is 0 Å². The highest BCUT2D eigenvalue weighted by atomic mass is 79.9. The van der Waals surface area contributed by atoms with Gasteiger partial charge in [-0.15, -0.1) is 0 Å². The van der Waals surface area contributed by atoms with Crippen LogP contribution in [0.3, 0.4) is 0 Å². The van der Waals surface area contributed by atoms with Gasteiger partial charge in [0.2, 0.25) is 10.0 Å². The Bertz CT molecular complexity index is 646. The van der Waals surface area contributed by atoms with Crippen molar-refractivity contribution in [3.05, 3.63) is 28.2 Å². The van der Waals surface area contributed by atoms with E-state index in [1.165, 1.54) is 22.5 Å². The summed E-state index contributed by atoms with van der Waals surface area (Å²) < 4.78 is 32.1. The molecule has 1 fully saturated rings. The third-order valence-corrected chi connectivity index (χ3v) is 6.03. The number of ether oxygens (including phenoxy) is 1. The predicted octanol–water partition coefficient (Wildman–Crippen LogP) is 1.95. The number of carbonyl (C=O) groups is 1. The summed E-state index contributed by atoms with van der Waals surface area (Å²) >= 11 is 3.11. The molecule has 1 saturated heterocycles. The minimum Gasteiger partial charge on any atom is -0.478 e. The fourth-order valence-electron chi connectivity index (χ4n) is 2.29. The van der Waals surface area contributed by atoms with Gasteiger partial charge in [-0.1, -0.05) is 0 Å². The van der Waals surface area contributed by atoms with Crippen molar-refractivity contribution in [3.63, 3.8) is 0 Å². The van der Waals surface area contributed by atoms with Crippen LogP contribution in [0, 0.1) is 0 Å². The summed E-state index contributed by atoms with van der Waals surface area (Å²) in [5.41, 5.74) is -0.0728. The first-order valence-corrected chi connectivity index (χ1v) is 8.65. The minimum atomic E-state index is -3.71. The van der Waals surface area contributed by atoms with E-state index < -0.39 is 16.0 Å². The van der Waals surface area contributed by atoms with E-state index >= 15 is 0 Å². The normalized spacial score (nSPS) is 20.4. The van der Waals surface area contributed by atoms with Crippen LogP contribution in [-0.4, -0.2) is 50.1 Å². The van der Waals surface area contributed by atoms with Gasteiger partial charge in [0.05, 0.1) is 16.6 Å². The molecular weight excluding hydrogens is 362 g/mol. The molecule has 2 rings (SSSR count). The zero-order valence-electron chi connectivity index (χ0n) is 11.5. The Morgan fingerprint density at radius 3 is 2.81 bits per heavy atom. The number of aromatic carboxylic acids is 1. The zero-order valence-corrected chi connectivity index (χ0v) is 13.9. The molecule has 1 aliphatic heterocycles. The largest absolute Gasteiger partial charge is 0.478 e. The van der Waals surface area contributed by atoms with Crippen molar-refractivity contribution in [1.82, 2.24) is 4.31 Å². The highest BCUT2D eigenvalue weighted by Crippen LogP contribution is 2.25. The molecule has 1 aromatic carbocycles. The SMILES string of the molecule is COC1CCCN(S(=O)(=O)c2ccc(Br)c(C(=O)O)c2)C1. The topological polar surface area (TPSA) is 83.9 Å². The van der Waals surface area contributed by atoms with E-state index in [9.17, 15) is 13.2 Å². The highest BCUT2D eigenvalue weighted by Gasteiger charge is 2.31. The summed E-state index contributed by atoms with van der Waals surface area (Å²) in [4.78, 5) is 11.1. The molecule has 0 spiro atoms. The van der Waals surface area contributed by atoms with Crippen LogP contribution in [0.1, 0.15) is 23.2 Å². The van der Waals surface area contributed by atoms with Gasteiger partial charge < -0.3 is 9.84 Å². The number of nitrogens with zero attached hydrogens (tertiary/aromatic N) is 1. The number of hydrogen-bond acceptors (Lipinski definition) is 4. The number of rotatable bonds is 4. The number of piperidine rings is 1. The Hall–Kier alpha value is -0.960. The van der Waals surface area contributed by atoms with Crippen LogP contribution in [0.4, 0.5) is 0 Å². The lowest BCUT2D eigenvalue weighted by Gasteiger charge is -2.31. The van der Waals surface area contributed by atoms with Gasteiger partial charge in [-0.25, -0.2) is 13.2 Å². The summed E-state index contributed by atoms with van der Waals surface area (Å²) in [5, 5.41) is 9.09. The number of benzene rings is 1. The number of halogens is 1. The first kappa shape index (κ1) is 16.4. The molecule has 0 amide bonds. The molecule has 116 valence electrons. The summed E-state index contributed by atoms with van der Waals surface area (Å²) in [7, 11) is -2.15. The third kappa shape index (κ3) is 3.45. The maximum Gasteiger partial charge on any atom is 0.336 e. The van der Waals surface area contributed by atoms with Crippen LogP contribution >= 0.6 is 15.9 Å². The molecule has 6 nitrogen and oxygen atoms in total. The first-order valence-electron chi connectivity index (χ1n) is 6.42. The van der Waals surface area contributed by atoms with Crippen LogP contribution in [0.15, 0.2) is 27.6 Å². The maximum atomic E-state index is 12.6. The second kappa shape index (κ2) is 6.43. The molecule has 1 atom stereocenters. The summed E-state index contributed by atoms with van der Waals surface area (Å²) in [6, 6.07) is 4.02. The van der Waals surface area contributed by atoms with E-state index in [2.05, 4.69) is 15.9 Å². The van der Waals surface area contributed by atoms with Crippen molar-refractivity contribution in [3.8, 4) is 0 Å². The summed E-state index contributed by atoms with van der Waals surface area (Å²) in [6.07, 6.45) is 1.42. The Balaban J connectivity index is 2.35. The summed E-state index contributed by atoms with van der Waals surface area (Å²) in [5.74, 6) is -1.17. The van der Waals surface area contributed by atoms with Gasteiger partial charge in [0, 0.05) is 24.7 Å². The van der Waals surface area contributed by atoms with E-state index in [4.69, 9.17) is 9.84 Å². The lowest BCUT2D eigenvalue weighted by atomic mass is 10.1. The van der Waals surface area contributed by atoms with E-state index in [1.54, 1.807) is 7.11 Å². The molecular formula is C13H16BrNO5S. The van der Waals surface area contributed by atoms with E-state index in [0.717, 1.165) is 12.8 Å². The van der Waals surface area contributed by atoms with Crippen molar-refractivity contribution in [2.45, 2.75) is 23.8 Å². The molecule has 0 aromatic heterocycles. The zero-order chi connectivity index (χ0) is 15.6. The number of methoxy groups -OCH3 is 1. The fourth-order valence-corrected chi connectivity index (χ4v) is 4.25. The molecule has 0 saturated carbocycles. The number of carboxylic acids is 1. The van der Waals surface area contributed by atoms with Crippen LogP contribution in [0.25, 0.3) is 0 Å². The molecule has 21 heavy (non-hydrogen) atoms. The average Bonchev–Trinajstić information content (AvgIpc) is 2.47. The molecule has 1 aromatic rings. The number of carboxylic acid groups (broad SMARTS) is 1. The van der Waals surface area contributed by atoms with Gasteiger partial charge in [-0.05, 0) is 47.0 Å². The standard InChI is InChI=1S/C13H16BrNO5S/c1-20-9-3-2-6-15(8-9)21(18,19)10-4-5-12(14)11(7-10)13(16)17/h4-5,7,9H,2-3,6,8H2,1H3,(H,16,17). The van der Waals surface area contributed by atoms with Crippen molar-refractivity contribution in [2.75, 3.05) is 20.2 Å². The Kier molecular flexibility index (Phi) is 5.03. The lowest BCUT2D eigenvalue weighted by Crippen LogP contribution is -2.42. The quantitative estimate of drug-likeness (QED) is 0.866. The van der Waals surface area contributed by atoms with Crippen LogP contribution in [-0.2, 0) is 14.8 Å². The van der Waals surface area contributed by atoms with Crippen LogP contribution in [0.5, 0.6) is 0 Å².